The van der Waals surface area contributed by atoms with E-state index in [-0.39, 0.29) is 16.0 Å². The van der Waals surface area contributed by atoms with Gasteiger partial charge in [-0.3, -0.25) is 9.69 Å². The largest absolute Gasteiger partial charge is 0.399 e. The van der Waals surface area contributed by atoms with E-state index in [0.29, 0.717) is 17.8 Å². The van der Waals surface area contributed by atoms with Crippen molar-refractivity contribution in [1.82, 2.24) is 10.2 Å². The molecule has 0 aromatic heterocycles. The number of carbonyl (C=O) groups excluding carboxylic acids is 1. The lowest BCUT2D eigenvalue weighted by Crippen LogP contribution is -2.41. The Bertz CT molecular complexity index is 491. The van der Waals surface area contributed by atoms with Gasteiger partial charge < -0.3 is 15.8 Å². The highest BCUT2D eigenvalue weighted by Crippen LogP contribution is 2.28. The van der Waals surface area contributed by atoms with Crippen LogP contribution >= 0.6 is 23.2 Å². The molecule has 0 unspecified atom stereocenters. The molecule has 0 spiro atoms. The second-order valence-corrected chi connectivity index (χ2v) is 5.36. The Hall–Kier alpha value is -1.01. The molecule has 5 nitrogen and oxygen atoms in total. The van der Waals surface area contributed by atoms with E-state index in [4.69, 9.17) is 33.7 Å². The molecular formula is C13H17Cl2N3O2. The minimum atomic E-state index is -0.266. The van der Waals surface area contributed by atoms with Crippen LogP contribution in [0, 0.1) is 0 Å². The van der Waals surface area contributed by atoms with Crippen LogP contribution in [-0.2, 0) is 4.74 Å². The summed E-state index contributed by atoms with van der Waals surface area (Å²) in [6, 6.07) is 3.05. The summed E-state index contributed by atoms with van der Waals surface area (Å²) in [6.07, 6.45) is 0. The monoisotopic (exact) mass is 317 g/mol. The van der Waals surface area contributed by atoms with Crippen LogP contribution in [-0.4, -0.2) is 50.2 Å². The Morgan fingerprint density at radius 2 is 2.05 bits per heavy atom. The number of hydrogen-bond donors (Lipinski definition) is 2. The molecule has 0 atom stereocenters. The zero-order valence-electron chi connectivity index (χ0n) is 11.0. The van der Waals surface area contributed by atoms with Gasteiger partial charge in [-0.1, -0.05) is 23.2 Å². The molecule has 1 aromatic rings. The first-order chi connectivity index (χ1) is 9.58. The number of rotatable bonds is 4. The fourth-order valence-electron chi connectivity index (χ4n) is 2.02. The lowest BCUT2D eigenvalue weighted by molar-refractivity contribution is 0.0383. The molecule has 20 heavy (non-hydrogen) atoms. The van der Waals surface area contributed by atoms with Crippen LogP contribution in [0.5, 0.6) is 0 Å². The lowest BCUT2D eigenvalue weighted by atomic mass is 10.2. The summed E-state index contributed by atoms with van der Waals surface area (Å²) < 4.78 is 5.26. The number of anilines is 1. The Labute approximate surface area is 128 Å². The number of benzene rings is 1. The summed E-state index contributed by atoms with van der Waals surface area (Å²) in [5.41, 5.74) is 6.39. The van der Waals surface area contributed by atoms with E-state index in [1.165, 1.54) is 12.1 Å². The smallest absolute Gasteiger partial charge is 0.252 e. The lowest BCUT2D eigenvalue weighted by Gasteiger charge is -2.26. The molecule has 1 aromatic carbocycles. The first kappa shape index (κ1) is 15.4. The number of halogens is 2. The van der Waals surface area contributed by atoms with Crippen LogP contribution < -0.4 is 11.1 Å². The van der Waals surface area contributed by atoms with Crippen molar-refractivity contribution in [2.45, 2.75) is 0 Å². The Morgan fingerprint density at radius 3 is 2.75 bits per heavy atom. The van der Waals surface area contributed by atoms with Gasteiger partial charge in [0.05, 0.1) is 28.8 Å². The third kappa shape index (κ3) is 3.99. The summed E-state index contributed by atoms with van der Waals surface area (Å²) in [5, 5.41) is 3.33. The fraction of sp³-hybridized carbons (Fsp3) is 0.462. The molecule has 1 aliphatic heterocycles. The van der Waals surface area contributed by atoms with Gasteiger partial charge in [-0.05, 0) is 12.1 Å². The summed E-state index contributed by atoms with van der Waals surface area (Å²) in [4.78, 5) is 14.3. The van der Waals surface area contributed by atoms with Crippen molar-refractivity contribution in [3.8, 4) is 0 Å². The maximum atomic E-state index is 12.1. The topological polar surface area (TPSA) is 67.6 Å². The van der Waals surface area contributed by atoms with E-state index in [1.54, 1.807) is 0 Å². The Morgan fingerprint density at radius 1 is 1.35 bits per heavy atom. The highest BCUT2D eigenvalue weighted by atomic mass is 35.5. The molecule has 1 aliphatic rings. The van der Waals surface area contributed by atoms with E-state index >= 15 is 0 Å². The molecule has 0 radical (unpaired) electrons. The quantitative estimate of drug-likeness (QED) is 0.828. The van der Waals surface area contributed by atoms with Crippen LogP contribution in [0.25, 0.3) is 0 Å². The van der Waals surface area contributed by atoms with Gasteiger partial charge in [0.1, 0.15) is 0 Å². The maximum Gasteiger partial charge on any atom is 0.252 e. The van der Waals surface area contributed by atoms with Crippen molar-refractivity contribution in [1.29, 1.82) is 0 Å². The molecule has 0 bridgehead atoms. The summed E-state index contributed by atoms with van der Waals surface area (Å²) >= 11 is 11.9. The Balaban J connectivity index is 1.88. The van der Waals surface area contributed by atoms with Crippen molar-refractivity contribution >= 4 is 34.8 Å². The van der Waals surface area contributed by atoms with Gasteiger partial charge in [-0.15, -0.1) is 0 Å². The van der Waals surface area contributed by atoms with Crippen LogP contribution in [0.2, 0.25) is 10.0 Å². The summed E-state index contributed by atoms with van der Waals surface area (Å²) in [5.74, 6) is -0.266. The SMILES string of the molecule is Nc1cc(Cl)c(Cl)c(C(=O)NCCN2CCOCC2)c1. The zero-order valence-corrected chi connectivity index (χ0v) is 12.5. The summed E-state index contributed by atoms with van der Waals surface area (Å²) in [6.45, 7) is 4.58. The van der Waals surface area contributed by atoms with Gasteiger partial charge in [0.2, 0.25) is 0 Å². The third-order valence-electron chi connectivity index (χ3n) is 3.11. The number of amides is 1. The van der Waals surface area contributed by atoms with Crippen LogP contribution in [0.4, 0.5) is 5.69 Å². The second kappa shape index (κ2) is 7.13. The van der Waals surface area contributed by atoms with Gasteiger partial charge >= 0.3 is 0 Å². The zero-order chi connectivity index (χ0) is 14.5. The Kier molecular flexibility index (Phi) is 5.48. The standard InChI is InChI=1S/C13H17Cl2N3O2/c14-11-8-9(16)7-10(12(11)15)13(19)17-1-2-18-3-5-20-6-4-18/h7-8H,1-6,16H2,(H,17,19). The molecule has 2 rings (SSSR count). The molecule has 110 valence electrons. The fourth-order valence-corrected chi connectivity index (χ4v) is 2.45. The number of nitrogens with zero attached hydrogens (tertiary/aromatic N) is 1. The predicted octanol–water partition coefficient (Wildman–Crippen LogP) is 1.64. The number of nitrogen functional groups attached to an aromatic ring is 1. The number of nitrogens with two attached hydrogens (primary N) is 1. The molecule has 1 saturated heterocycles. The van der Waals surface area contributed by atoms with Gasteiger partial charge in [0.25, 0.3) is 5.91 Å². The highest BCUT2D eigenvalue weighted by Gasteiger charge is 2.15. The van der Waals surface area contributed by atoms with Gasteiger partial charge in [0, 0.05) is 31.9 Å². The first-order valence-corrected chi connectivity index (χ1v) is 7.16. The predicted molar refractivity (Wildman–Crippen MR) is 80.5 cm³/mol. The second-order valence-electron chi connectivity index (χ2n) is 4.57. The molecule has 3 N–H and O–H groups in total. The maximum absolute atomic E-state index is 12.1. The van der Waals surface area contributed by atoms with Crippen molar-refractivity contribution in [2.24, 2.45) is 0 Å². The molecule has 1 amide bonds. The van der Waals surface area contributed by atoms with Crippen LogP contribution in [0.1, 0.15) is 10.4 Å². The minimum Gasteiger partial charge on any atom is -0.399 e. The molecule has 1 fully saturated rings. The van der Waals surface area contributed by atoms with E-state index < -0.39 is 0 Å². The highest BCUT2D eigenvalue weighted by molar-refractivity contribution is 6.44. The van der Waals surface area contributed by atoms with E-state index in [0.717, 1.165) is 32.8 Å². The van der Waals surface area contributed by atoms with Crippen molar-refractivity contribution < 1.29 is 9.53 Å². The first-order valence-electron chi connectivity index (χ1n) is 6.41. The van der Waals surface area contributed by atoms with Gasteiger partial charge in [-0.2, -0.15) is 0 Å². The normalized spacial score (nSPS) is 16.1. The third-order valence-corrected chi connectivity index (χ3v) is 3.91. The van der Waals surface area contributed by atoms with E-state index in [2.05, 4.69) is 10.2 Å². The van der Waals surface area contributed by atoms with E-state index in [1.807, 2.05) is 0 Å². The van der Waals surface area contributed by atoms with Crippen LogP contribution in [0.3, 0.4) is 0 Å². The molecule has 1 heterocycles. The van der Waals surface area contributed by atoms with Crippen LogP contribution in [0.15, 0.2) is 12.1 Å². The molecule has 0 saturated carbocycles. The van der Waals surface area contributed by atoms with Crippen molar-refractivity contribution in [3.05, 3.63) is 27.7 Å². The molecular weight excluding hydrogens is 301 g/mol. The number of ether oxygens (including phenoxy) is 1. The minimum absolute atomic E-state index is 0.227. The van der Waals surface area contributed by atoms with Gasteiger partial charge in [0.15, 0.2) is 0 Å². The average molecular weight is 318 g/mol. The number of nitrogens with one attached hydrogen (secondary N) is 1. The summed E-state index contributed by atoms with van der Waals surface area (Å²) in [7, 11) is 0. The molecule has 7 heteroatoms. The van der Waals surface area contributed by atoms with E-state index in [9.17, 15) is 4.79 Å². The molecule has 0 aliphatic carbocycles. The van der Waals surface area contributed by atoms with Crippen molar-refractivity contribution in [2.75, 3.05) is 45.1 Å². The van der Waals surface area contributed by atoms with Crippen molar-refractivity contribution in [3.63, 3.8) is 0 Å². The number of morpholine rings is 1. The average Bonchev–Trinajstić information content (AvgIpc) is 2.44. The van der Waals surface area contributed by atoms with Gasteiger partial charge in [-0.25, -0.2) is 0 Å². The number of carbonyl (C=O) groups is 1. The number of hydrogen-bond acceptors (Lipinski definition) is 4.